The zero-order chi connectivity index (χ0) is 16.4. The van der Waals surface area contributed by atoms with Crippen LogP contribution in [-0.4, -0.2) is 40.1 Å². The van der Waals surface area contributed by atoms with Gasteiger partial charge in [-0.25, -0.2) is 9.18 Å². The molecule has 120 valence electrons. The molecule has 1 aliphatic rings. The second-order valence-electron chi connectivity index (χ2n) is 5.24. The minimum atomic E-state index is -0.509. The minimum absolute atomic E-state index is 0.207. The summed E-state index contributed by atoms with van der Waals surface area (Å²) in [5.41, 5.74) is 1.99. The molecule has 2 aromatic rings. The third-order valence-corrected chi connectivity index (χ3v) is 3.76. The Balaban J connectivity index is 1.83. The summed E-state index contributed by atoms with van der Waals surface area (Å²) in [7, 11) is 0. The van der Waals surface area contributed by atoms with Crippen molar-refractivity contribution in [3.63, 3.8) is 0 Å². The summed E-state index contributed by atoms with van der Waals surface area (Å²) in [5, 5.41) is 6.82. The van der Waals surface area contributed by atoms with E-state index in [0.29, 0.717) is 18.5 Å². The highest BCUT2D eigenvalue weighted by Crippen LogP contribution is 2.22. The lowest BCUT2D eigenvalue weighted by molar-refractivity contribution is 0.0513. The highest BCUT2D eigenvalue weighted by molar-refractivity contribution is 5.95. The van der Waals surface area contributed by atoms with Crippen LogP contribution in [0.15, 0.2) is 24.3 Å². The van der Waals surface area contributed by atoms with Gasteiger partial charge in [-0.3, -0.25) is 9.89 Å². The molecule has 1 aliphatic heterocycles. The van der Waals surface area contributed by atoms with Crippen molar-refractivity contribution in [2.45, 2.75) is 19.9 Å². The van der Waals surface area contributed by atoms with E-state index >= 15 is 0 Å². The first-order valence-corrected chi connectivity index (χ1v) is 7.38. The van der Waals surface area contributed by atoms with E-state index in [9.17, 15) is 14.0 Å². The monoisotopic (exact) mass is 317 g/mol. The normalized spacial score (nSPS) is 13.6. The minimum Gasteiger partial charge on any atom is -0.461 e. The second kappa shape index (κ2) is 6.20. The number of ether oxygens (including phenoxy) is 1. The number of hydrogen-bond acceptors (Lipinski definition) is 4. The van der Waals surface area contributed by atoms with E-state index in [1.165, 1.54) is 18.2 Å². The molecule has 1 aromatic heterocycles. The summed E-state index contributed by atoms with van der Waals surface area (Å²) in [6.07, 6.45) is 0.558. The molecule has 0 saturated heterocycles. The Morgan fingerprint density at radius 3 is 3.00 bits per heavy atom. The molecular formula is C16H16FN3O3. The van der Waals surface area contributed by atoms with Gasteiger partial charge in [0.25, 0.3) is 5.91 Å². The second-order valence-corrected chi connectivity index (χ2v) is 5.24. The SMILES string of the molecule is CCOC(=O)c1n[nH]c2c1CN(C(=O)c1cccc(F)c1)CC2. The van der Waals surface area contributed by atoms with Crippen molar-refractivity contribution in [3.05, 3.63) is 52.6 Å². The number of aromatic amines is 1. The summed E-state index contributed by atoms with van der Waals surface area (Å²) in [4.78, 5) is 26.0. The van der Waals surface area contributed by atoms with Crippen molar-refractivity contribution < 1.29 is 18.7 Å². The molecule has 2 heterocycles. The number of benzene rings is 1. The van der Waals surface area contributed by atoms with Crippen LogP contribution >= 0.6 is 0 Å². The fourth-order valence-corrected chi connectivity index (χ4v) is 2.64. The van der Waals surface area contributed by atoms with Crippen LogP contribution in [0.4, 0.5) is 4.39 Å². The number of aromatic nitrogens is 2. The molecule has 3 rings (SSSR count). The number of hydrogen-bond donors (Lipinski definition) is 1. The predicted molar refractivity (Wildman–Crippen MR) is 79.4 cm³/mol. The first-order valence-electron chi connectivity index (χ1n) is 7.38. The molecule has 0 radical (unpaired) electrons. The molecule has 0 spiro atoms. The molecule has 0 unspecified atom stereocenters. The molecule has 1 aromatic carbocycles. The fourth-order valence-electron chi connectivity index (χ4n) is 2.64. The maximum atomic E-state index is 13.3. The number of carbonyl (C=O) groups excluding carboxylic acids is 2. The van der Waals surface area contributed by atoms with Crippen molar-refractivity contribution >= 4 is 11.9 Å². The van der Waals surface area contributed by atoms with Crippen molar-refractivity contribution in [2.75, 3.05) is 13.2 Å². The summed E-state index contributed by atoms with van der Waals surface area (Å²) in [6, 6.07) is 5.57. The third-order valence-electron chi connectivity index (χ3n) is 3.76. The first kappa shape index (κ1) is 15.2. The largest absolute Gasteiger partial charge is 0.461 e. The number of fused-ring (bicyclic) bond motifs is 1. The lowest BCUT2D eigenvalue weighted by Gasteiger charge is -2.27. The molecule has 1 N–H and O–H groups in total. The molecule has 0 bridgehead atoms. The first-order chi connectivity index (χ1) is 11.1. The van der Waals surface area contributed by atoms with Gasteiger partial charge in [0.1, 0.15) is 5.82 Å². The summed E-state index contributed by atoms with van der Waals surface area (Å²) < 4.78 is 18.3. The number of esters is 1. The number of H-pyrrole nitrogens is 1. The van der Waals surface area contributed by atoms with Crippen LogP contribution in [0, 0.1) is 5.82 Å². The average molecular weight is 317 g/mol. The van der Waals surface area contributed by atoms with Crippen LogP contribution in [-0.2, 0) is 17.7 Å². The van der Waals surface area contributed by atoms with Gasteiger partial charge < -0.3 is 9.64 Å². The van der Waals surface area contributed by atoms with E-state index < -0.39 is 11.8 Å². The highest BCUT2D eigenvalue weighted by atomic mass is 19.1. The van der Waals surface area contributed by atoms with Crippen LogP contribution in [0.1, 0.15) is 39.0 Å². The molecular weight excluding hydrogens is 301 g/mol. The Bertz CT molecular complexity index is 757. The van der Waals surface area contributed by atoms with Gasteiger partial charge in [-0.2, -0.15) is 5.10 Å². The van der Waals surface area contributed by atoms with E-state index in [2.05, 4.69) is 10.2 Å². The van der Waals surface area contributed by atoms with Crippen molar-refractivity contribution in [3.8, 4) is 0 Å². The van der Waals surface area contributed by atoms with Crippen LogP contribution in [0.25, 0.3) is 0 Å². The Labute approximate surface area is 132 Å². The highest BCUT2D eigenvalue weighted by Gasteiger charge is 2.28. The van der Waals surface area contributed by atoms with E-state index in [1.807, 2.05) is 0 Å². The van der Waals surface area contributed by atoms with E-state index in [1.54, 1.807) is 17.9 Å². The van der Waals surface area contributed by atoms with Gasteiger partial charge in [0.15, 0.2) is 5.69 Å². The molecule has 0 fully saturated rings. The Kier molecular flexibility index (Phi) is 4.10. The van der Waals surface area contributed by atoms with E-state index in [4.69, 9.17) is 4.74 Å². The van der Waals surface area contributed by atoms with Crippen molar-refractivity contribution in [1.29, 1.82) is 0 Å². The van der Waals surface area contributed by atoms with Gasteiger partial charge in [0, 0.05) is 29.8 Å². The summed E-state index contributed by atoms with van der Waals surface area (Å²) >= 11 is 0. The van der Waals surface area contributed by atoms with Crippen LogP contribution < -0.4 is 0 Å². The Hall–Kier alpha value is -2.70. The smallest absolute Gasteiger partial charge is 0.359 e. The van der Waals surface area contributed by atoms with Crippen LogP contribution in [0.2, 0.25) is 0 Å². The standard InChI is InChI=1S/C16H16FN3O3/c1-2-23-16(22)14-12-9-20(7-6-13(12)18-19-14)15(21)10-4-3-5-11(17)8-10/h3-5,8H,2,6-7,9H2,1H3,(H,18,19). The number of nitrogens with one attached hydrogen (secondary N) is 1. The molecule has 23 heavy (non-hydrogen) atoms. The summed E-state index contributed by atoms with van der Waals surface area (Å²) in [6.45, 7) is 2.70. The maximum Gasteiger partial charge on any atom is 0.359 e. The molecule has 1 amide bonds. The Morgan fingerprint density at radius 2 is 2.26 bits per heavy atom. The van der Waals surface area contributed by atoms with Crippen LogP contribution in [0.5, 0.6) is 0 Å². The number of nitrogens with zero attached hydrogens (tertiary/aromatic N) is 2. The van der Waals surface area contributed by atoms with Gasteiger partial charge in [0.05, 0.1) is 13.2 Å². The Morgan fingerprint density at radius 1 is 1.43 bits per heavy atom. The van der Waals surface area contributed by atoms with Crippen molar-refractivity contribution in [2.24, 2.45) is 0 Å². The average Bonchev–Trinajstić information content (AvgIpc) is 2.97. The van der Waals surface area contributed by atoms with E-state index in [0.717, 1.165) is 5.69 Å². The number of halogens is 1. The van der Waals surface area contributed by atoms with Crippen LogP contribution in [0.3, 0.4) is 0 Å². The number of amides is 1. The third kappa shape index (κ3) is 2.94. The fraction of sp³-hybridized carbons (Fsp3) is 0.312. The van der Waals surface area contributed by atoms with Gasteiger partial charge in [0.2, 0.25) is 0 Å². The molecule has 0 atom stereocenters. The van der Waals surface area contributed by atoms with Gasteiger partial charge in [-0.15, -0.1) is 0 Å². The quantitative estimate of drug-likeness (QED) is 0.878. The lowest BCUT2D eigenvalue weighted by atomic mass is 10.0. The number of rotatable bonds is 3. The molecule has 6 nitrogen and oxygen atoms in total. The summed E-state index contributed by atoms with van der Waals surface area (Å²) in [5.74, 6) is -1.24. The molecule has 7 heteroatoms. The molecule has 0 aliphatic carbocycles. The zero-order valence-electron chi connectivity index (χ0n) is 12.6. The zero-order valence-corrected chi connectivity index (χ0v) is 12.6. The topological polar surface area (TPSA) is 75.3 Å². The van der Waals surface area contributed by atoms with Gasteiger partial charge in [-0.05, 0) is 25.1 Å². The predicted octanol–water partition coefficient (Wildman–Crippen LogP) is 1.92. The lowest BCUT2D eigenvalue weighted by Crippen LogP contribution is -2.36. The maximum absolute atomic E-state index is 13.3. The molecule has 0 saturated carbocycles. The van der Waals surface area contributed by atoms with Crippen molar-refractivity contribution in [1.82, 2.24) is 15.1 Å². The van der Waals surface area contributed by atoms with E-state index in [-0.39, 0.29) is 30.3 Å². The van der Waals surface area contributed by atoms with Gasteiger partial charge in [-0.1, -0.05) is 6.07 Å². The van der Waals surface area contributed by atoms with Gasteiger partial charge >= 0.3 is 5.97 Å². The number of carbonyl (C=O) groups is 2.